The third-order valence-electron chi connectivity index (χ3n) is 4.02. The first-order valence-electron chi connectivity index (χ1n) is 6.79. The second-order valence-electron chi connectivity index (χ2n) is 5.31. The summed E-state index contributed by atoms with van der Waals surface area (Å²) in [5.74, 6) is -0.701. The average Bonchev–Trinajstić information content (AvgIpc) is 2.71. The Morgan fingerprint density at radius 1 is 1.14 bits per heavy atom. The molecule has 2 unspecified atom stereocenters. The van der Waals surface area contributed by atoms with E-state index in [1.807, 2.05) is 0 Å². The molecule has 1 aromatic rings. The van der Waals surface area contributed by atoms with Crippen LogP contribution < -0.4 is 4.74 Å². The molecule has 1 fully saturated rings. The molecular weight excluding hydrogens is 274 g/mol. The molecule has 6 heteroatoms. The van der Waals surface area contributed by atoms with Crippen LogP contribution in [0.4, 0.5) is 0 Å². The zero-order valence-electron chi connectivity index (χ0n) is 11.5. The van der Waals surface area contributed by atoms with Gasteiger partial charge in [-0.1, -0.05) is 0 Å². The molecule has 0 spiro atoms. The fourth-order valence-electron chi connectivity index (χ4n) is 2.90. The zero-order chi connectivity index (χ0) is 15.1. The summed E-state index contributed by atoms with van der Waals surface area (Å²) in [6, 6.07) is 3.89. The topological polar surface area (TPSA) is 83.9 Å². The van der Waals surface area contributed by atoms with Gasteiger partial charge < -0.3 is 9.84 Å². The molecule has 2 amide bonds. The van der Waals surface area contributed by atoms with Gasteiger partial charge in [-0.05, 0) is 31.0 Å². The second kappa shape index (κ2) is 4.96. The summed E-state index contributed by atoms with van der Waals surface area (Å²) in [7, 11) is 1.48. The number of aliphatic hydroxyl groups is 1. The number of ether oxygens (including phenoxy) is 1. The van der Waals surface area contributed by atoms with E-state index in [-0.39, 0.29) is 17.8 Å². The van der Waals surface area contributed by atoms with Crippen LogP contribution in [0.25, 0.3) is 0 Å². The van der Waals surface area contributed by atoms with Gasteiger partial charge in [0, 0.05) is 6.42 Å². The van der Waals surface area contributed by atoms with Crippen molar-refractivity contribution in [1.82, 2.24) is 4.90 Å². The minimum atomic E-state index is -0.771. The number of fused-ring (bicyclic) bond motifs is 1. The average molecular weight is 289 g/mol. The van der Waals surface area contributed by atoms with E-state index in [4.69, 9.17) is 4.74 Å². The van der Waals surface area contributed by atoms with E-state index in [0.29, 0.717) is 24.2 Å². The van der Waals surface area contributed by atoms with Crippen molar-refractivity contribution in [2.45, 2.75) is 31.4 Å². The van der Waals surface area contributed by atoms with Crippen LogP contribution >= 0.6 is 0 Å². The number of benzene rings is 1. The van der Waals surface area contributed by atoms with Crippen LogP contribution in [-0.2, 0) is 4.79 Å². The first kappa shape index (κ1) is 13.8. The van der Waals surface area contributed by atoms with Crippen LogP contribution in [0.15, 0.2) is 18.2 Å². The first-order chi connectivity index (χ1) is 10.0. The van der Waals surface area contributed by atoms with E-state index in [2.05, 4.69) is 0 Å². The van der Waals surface area contributed by atoms with Crippen molar-refractivity contribution in [3.8, 4) is 5.75 Å². The molecule has 21 heavy (non-hydrogen) atoms. The van der Waals surface area contributed by atoms with Crippen LogP contribution in [0, 0.1) is 0 Å². The number of nitrogens with zero attached hydrogens (tertiary/aromatic N) is 1. The molecule has 6 nitrogen and oxygen atoms in total. The molecule has 1 N–H and O–H groups in total. The fraction of sp³-hybridized carbons (Fsp3) is 0.400. The molecular formula is C15H15NO5. The molecule has 0 saturated heterocycles. The molecule has 2 aliphatic rings. The Bertz CT molecular complexity index is 639. The highest BCUT2D eigenvalue weighted by Crippen LogP contribution is 2.31. The first-order valence-corrected chi connectivity index (χ1v) is 6.79. The lowest BCUT2D eigenvalue weighted by Crippen LogP contribution is -2.48. The molecule has 2 atom stereocenters. The number of aliphatic hydroxyl groups excluding tert-OH is 1. The number of Topliss-reactive ketones (excluding diaryl/α,β-unsaturated/α-hetero) is 1. The molecule has 110 valence electrons. The fourth-order valence-corrected chi connectivity index (χ4v) is 2.90. The number of carbonyl (C=O) groups is 3. The largest absolute Gasteiger partial charge is 0.497 e. The lowest BCUT2D eigenvalue weighted by molar-refractivity contribution is -0.127. The molecule has 3 rings (SSSR count). The van der Waals surface area contributed by atoms with E-state index in [1.54, 1.807) is 6.07 Å². The Morgan fingerprint density at radius 3 is 2.52 bits per heavy atom. The number of imide groups is 1. The van der Waals surface area contributed by atoms with Gasteiger partial charge >= 0.3 is 0 Å². The minimum Gasteiger partial charge on any atom is -0.497 e. The monoisotopic (exact) mass is 289 g/mol. The highest BCUT2D eigenvalue weighted by atomic mass is 16.5. The van der Waals surface area contributed by atoms with Gasteiger partial charge in [0.25, 0.3) is 11.8 Å². The van der Waals surface area contributed by atoms with E-state index in [0.717, 1.165) is 4.90 Å². The lowest BCUT2D eigenvalue weighted by Gasteiger charge is -2.30. The summed E-state index contributed by atoms with van der Waals surface area (Å²) in [4.78, 5) is 37.9. The van der Waals surface area contributed by atoms with Gasteiger partial charge in [0.05, 0.1) is 30.4 Å². The van der Waals surface area contributed by atoms with Gasteiger partial charge in [-0.3, -0.25) is 19.3 Å². The Labute approximate surface area is 121 Å². The van der Waals surface area contributed by atoms with Crippen molar-refractivity contribution in [3.05, 3.63) is 29.3 Å². The number of methoxy groups -OCH3 is 1. The van der Waals surface area contributed by atoms with Crippen molar-refractivity contribution >= 4 is 17.6 Å². The maximum absolute atomic E-state index is 12.4. The number of carbonyl (C=O) groups excluding carboxylic acids is 3. The van der Waals surface area contributed by atoms with Gasteiger partial charge in [-0.15, -0.1) is 0 Å². The summed E-state index contributed by atoms with van der Waals surface area (Å²) in [5, 5.41) is 9.49. The summed E-state index contributed by atoms with van der Waals surface area (Å²) in [5.41, 5.74) is 0.554. The third-order valence-corrected chi connectivity index (χ3v) is 4.02. The van der Waals surface area contributed by atoms with Gasteiger partial charge in [0.2, 0.25) is 0 Å². The van der Waals surface area contributed by atoms with Gasteiger partial charge in [0.1, 0.15) is 5.75 Å². The van der Waals surface area contributed by atoms with Crippen molar-refractivity contribution < 1.29 is 24.2 Å². The predicted octanol–water partition coefficient (Wildman–Crippen LogP) is 0.774. The van der Waals surface area contributed by atoms with Gasteiger partial charge in [-0.25, -0.2) is 0 Å². The van der Waals surface area contributed by atoms with Crippen molar-refractivity contribution in [2.75, 3.05) is 7.11 Å². The maximum Gasteiger partial charge on any atom is 0.262 e. The molecule has 0 radical (unpaired) electrons. The summed E-state index contributed by atoms with van der Waals surface area (Å²) in [6.45, 7) is 0. The quantitative estimate of drug-likeness (QED) is 0.813. The SMILES string of the molecule is COc1ccc2c(c1)C(=O)N(C1CCC(O)CC1=O)C2=O. The third kappa shape index (κ3) is 2.12. The molecule has 1 aromatic carbocycles. The molecule has 1 heterocycles. The van der Waals surface area contributed by atoms with E-state index in [1.165, 1.54) is 19.2 Å². The molecule has 0 aromatic heterocycles. The predicted molar refractivity (Wildman–Crippen MR) is 72.1 cm³/mol. The van der Waals surface area contributed by atoms with Crippen molar-refractivity contribution in [1.29, 1.82) is 0 Å². The number of hydrogen-bond acceptors (Lipinski definition) is 5. The number of hydrogen-bond donors (Lipinski definition) is 1. The van der Waals surface area contributed by atoms with E-state index in [9.17, 15) is 19.5 Å². The smallest absolute Gasteiger partial charge is 0.262 e. The number of amides is 2. The summed E-state index contributed by atoms with van der Waals surface area (Å²) >= 11 is 0. The van der Waals surface area contributed by atoms with Crippen molar-refractivity contribution in [2.24, 2.45) is 0 Å². The van der Waals surface area contributed by atoms with Crippen LogP contribution in [0.5, 0.6) is 5.75 Å². The molecule has 1 saturated carbocycles. The van der Waals surface area contributed by atoms with Crippen LogP contribution in [0.2, 0.25) is 0 Å². The number of ketones is 1. The van der Waals surface area contributed by atoms with Gasteiger partial charge in [-0.2, -0.15) is 0 Å². The van der Waals surface area contributed by atoms with E-state index >= 15 is 0 Å². The highest BCUT2D eigenvalue weighted by molar-refractivity contribution is 6.23. The standard InChI is InChI=1S/C15H15NO5/c1-21-9-3-4-10-11(7-9)15(20)16(14(10)19)12-5-2-8(17)6-13(12)18/h3-4,7-8,12,17H,2,5-6H2,1H3. The van der Waals surface area contributed by atoms with Crippen LogP contribution in [0.1, 0.15) is 40.0 Å². The summed E-state index contributed by atoms with van der Waals surface area (Å²) in [6.07, 6.45) is 0.0287. The van der Waals surface area contributed by atoms with Gasteiger partial charge in [0.15, 0.2) is 5.78 Å². The molecule has 1 aliphatic carbocycles. The minimum absolute atomic E-state index is 0.0125. The Balaban J connectivity index is 1.94. The maximum atomic E-state index is 12.4. The van der Waals surface area contributed by atoms with Crippen LogP contribution in [-0.4, -0.2) is 46.9 Å². The Hall–Kier alpha value is -2.21. The highest BCUT2D eigenvalue weighted by Gasteiger charge is 2.44. The normalized spacial score (nSPS) is 25.2. The van der Waals surface area contributed by atoms with E-state index < -0.39 is 24.0 Å². The van der Waals surface area contributed by atoms with Crippen molar-refractivity contribution in [3.63, 3.8) is 0 Å². The molecule has 1 aliphatic heterocycles. The number of rotatable bonds is 2. The summed E-state index contributed by atoms with van der Waals surface area (Å²) < 4.78 is 5.06. The molecule has 0 bridgehead atoms. The van der Waals surface area contributed by atoms with Crippen LogP contribution in [0.3, 0.4) is 0 Å². The second-order valence-corrected chi connectivity index (χ2v) is 5.31. The zero-order valence-corrected chi connectivity index (χ0v) is 11.5. The Kier molecular flexibility index (Phi) is 3.25. The lowest BCUT2D eigenvalue weighted by atomic mass is 9.91. The Morgan fingerprint density at radius 2 is 1.86 bits per heavy atom.